The minimum atomic E-state index is 0.446. The molecular weight excluding hydrogens is 226 g/mol. The van der Waals surface area contributed by atoms with Gasteiger partial charge in [-0.25, -0.2) is 0 Å². The molecule has 1 heterocycles. The van der Waals surface area contributed by atoms with Gasteiger partial charge < -0.3 is 4.79 Å². The summed E-state index contributed by atoms with van der Waals surface area (Å²) in [5, 5.41) is 12.0. The maximum atomic E-state index is 10.4. The largest absolute Gasteiger partial charge is 0.303 e. The maximum absolute atomic E-state index is 10.4. The van der Waals surface area contributed by atoms with Gasteiger partial charge in [0, 0.05) is 21.7 Å². The van der Waals surface area contributed by atoms with Gasteiger partial charge in [-0.15, -0.1) is 0 Å². The molecule has 0 radical (unpaired) electrons. The normalized spacial score (nSPS) is 10.6. The first-order valence-electron chi connectivity index (χ1n) is 4.97. The molecule has 0 unspecified atom stereocenters. The molecule has 0 amide bonds. The van der Waals surface area contributed by atoms with E-state index in [-0.39, 0.29) is 0 Å². The Hall–Kier alpha value is -1.61. The summed E-state index contributed by atoms with van der Waals surface area (Å²) in [5.41, 5.74) is 0.934. The smallest absolute Gasteiger partial charge is 0.230 e. The molecule has 1 N–H and O–H groups in total. The van der Waals surface area contributed by atoms with Gasteiger partial charge in [-0.2, -0.15) is 0 Å². The van der Waals surface area contributed by atoms with Crippen LogP contribution >= 0.6 is 11.6 Å². The number of hydrogen-bond acceptors (Lipinski definition) is 2. The molecule has 0 aliphatic carbocycles. The van der Waals surface area contributed by atoms with Crippen molar-refractivity contribution in [2.45, 2.75) is 12.8 Å². The molecule has 0 fully saturated rings. The number of carbonyl (C=O) groups is 1. The zero-order valence-electron chi connectivity index (χ0n) is 8.56. The Morgan fingerprint density at radius 3 is 2.94 bits per heavy atom. The van der Waals surface area contributed by atoms with E-state index >= 15 is 0 Å². The first-order chi connectivity index (χ1) is 7.70. The Kier molecular flexibility index (Phi) is 3.06. The summed E-state index contributed by atoms with van der Waals surface area (Å²) in [4.78, 5) is 10.4. The van der Waals surface area contributed by atoms with E-state index in [0.29, 0.717) is 17.9 Å². The third kappa shape index (κ3) is 2.14. The van der Waals surface area contributed by atoms with Crippen molar-refractivity contribution in [1.82, 2.24) is 0 Å². The van der Waals surface area contributed by atoms with Gasteiger partial charge in [0.2, 0.25) is 12.4 Å². The first kappa shape index (κ1) is 10.9. The molecule has 4 heteroatoms. The summed E-state index contributed by atoms with van der Waals surface area (Å²) in [6.45, 7) is 0. The minimum absolute atomic E-state index is 0.446. The van der Waals surface area contributed by atoms with Crippen molar-refractivity contribution < 1.29 is 14.7 Å². The van der Waals surface area contributed by atoms with E-state index in [1.165, 1.54) is 0 Å². The van der Waals surface area contributed by atoms with Crippen LogP contribution in [0.15, 0.2) is 30.6 Å². The Balaban J connectivity index is 2.58. The number of halogens is 1. The van der Waals surface area contributed by atoms with Gasteiger partial charge in [0.15, 0.2) is 0 Å². The molecule has 0 saturated carbocycles. The molecule has 0 atom stereocenters. The van der Waals surface area contributed by atoms with Crippen LogP contribution in [-0.2, 0) is 11.2 Å². The summed E-state index contributed by atoms with van der Waals surface area (Å²) in [6, 6.07) is 5.49. The molecule has 0 bridgehead atoms. The predicted molar refractivity (Wildman–Crippen MR) is 60.7 cm³/mol. The standard InChI is InChI=1S/C12H11ClNO2/c13-11-3-4-12-9(2-1-5-15)7-14(16)8-10(12)6-11/h3-8,16H,1-2H2/q+1. The number of aldehydes is 1. The minimum Gasteiger partial charge on any atom is -0.303 e. The molecule has 16 heavy (non-hydrogen) atoms. The van der Waals surface area contributed by atoms with Crippen molar-refractivity contribution in [2.75, 3.05) is 0 Å². The monoisotopic (exact) mass is 236 g/mol. The van der Waals surface area contributed by atoms with E-state index in [2.05, 4.69) is 0 Å². The van der Waals surface area contributed by atoms with Crippen LogP contribution in [0.4, 0.5) is 0 Å². The number of carbonyl (C=O) groups excluding carboxylic acids is 1. The summed E-state index contributed by atoms with van der Waals surface area (Å²) in [7, 11) is 0. The molecule has 2 aromatic rings. The fourth-order valence-corrected chi connectivity index (χ4v) is 1.94. The van der Waals surface area contributed by atoms with Gasteiger partial charge in [0.05, 0.1) is 5.39 Å². The molecule has 0 aliphatic heterocycles. The summed E-state index contributed by atoms with van der Waals surface area (Å²) < 4.78 is 0.999. The van der Waals surface area contributed by atoms with E-state index in [0.717, 1.165) is 27.4 Å². The van der Waals surface area contributed by atoms with E-state index in [1.54, 1.807) is 24.5 Å². The molecule has 1 aromatic heterocycles. The molecule has 0 aliphatic rings. The quantitative estimate of drug-likeness (QED) is 0.504. The zero-order chi connectivity index (χ0) is 11.5. The fourth-order valence-electron chi connectivity index (χ4n) is 1.76. The predicted octanol–water partition coefficient (Wildman–Crippen LogP) is 2.15. The molecule has 2 rings (SSSR count). The number of rotatable bonds is 3. The van der Waals surface area contributed by atoms with E-state index in [4.69, 9.17) is 11.6 Å². The summed E-state index contributed by atoms with van der Waals surface area (Å²) in [6.07, 6.45) is 5.13. The second-order valence-corrected chi connectivity index (χ2v) is 4.04. The Morgan fingerprint density at radius 1 is 1.38 bits per heavy atom. The van der Waals surface area contributed by atoms with Crippen molar-refractivity contribution in [3.63, 3.8) is 0 Å². The highest BCUT2D eigenvalue weighted by atomic mass is 35.5. The number of fused-ring (bicyclic) bond motifs is 1. The van der Waals surface area contributed by atoms with Crippen LogP contribution in [0.5, 0.6) is 0 Å². The average molecular weight is 237 g/mol. The lowest BCUT2D eigenvalue weighted by Crippen LogP contribution is -2.29. The van der Waals surface area contributed by atoms with Gasteiger partial charge in [0.1, 0.15) is 6.29 Å². The van der Waals surface area contributed by atoms with Crippen molar-refractivity contribution in [3.05, 3.63) is 41.2 Å². The van der Waals surface area contributed by atoms with Crippen LogP contribution in [0.1, 0.15) is 12.0 Å². The zero-order valence-corrected chi connectivity index (χ0v) is 9.31. The van der Waals surface area contributed by atoms with Crippen LogP contribution in [0.2, 0.25) is 5.02 Å². The van der Waals surface area contributed by atoms with E-state index in [1.807, 2.05) is 6.07 Å². The molecule has 0 saturated heterocycles. The number of nitrogens with zero attached hydrogens (tertiary/aromatic N) is 1. The number of benzene rings is 1. The Labute approximate surface area is 97.9 Å². The van der Waals surface area contributed by atoms with Crippen molar-refractivity contribution in [3.8, 4) is 0 Å². The first-order valence-corrected chi connectivity index (χ1v) is 5.35. The molecule has 0 spiro atoms. The molecule has 82 valence electrons. The summed E-state index contributed by atoms with van der Waals surface area (Å²) >= 11 is 5.88. The van der Waals surface area contributed by atoms with Gasteiger partial charge in [-0.1, -0.05) is 17.7 Å². The SMILES string of the molecule is O=CCCc1c[n+](O)cc2cc(Cl)ccc12. The number of hydrogen-bond donors (Lipinski definition) is 1. The van der Waals surface area contributed by atoms with Crippen molar-refractivity contribution in [2.24, 2.45) is 0 Å². The number of aryl methyl sites for hydroxylation is 1. The summed E-state index contributed by atoms with van der Waals surface area (Å²) in [5.74, 6) is 0. The van der Waals surface area contributed by atoms with Crippen molar-refractivity contribution >= 4 is 28.7 Å². The van der Waals surface area contributed by atoms with Crippen LogP contribution in [0.3, 0.4) is 0 Å². The van der Waals surface area contributed by atoms with E-state index < -0.39 is 0 Å². The highest BCUT2D eigenvalue weighted by molar-refractivity contribution is 6.31. The highest BCUT2D eigenvalue weighted by Gasteiger charge is 2.09. The highest BCUT2D eigenvalue weighted by Crippen LogP contribution is 2.21. The Morgan fingerprint density at radius 2 is 2.19 bits per heavy atom. The molecule has 1 aromatic carbocycles. The second kappa shape index (κ2) is 4.49. The van der Waals surface area contributed by atoms with Gasteiger partial charge >= 0.3 is 0 Å². The number of pyridine rings is 1. The fraction of sp³-hybridized carbons (Fsp3) is 0.167. The molecule has 3 nitrogen and oxygen atoms in total. The second-order valence-electron chi connectivity index (χ2n) is 3.60. The third-order valence-corrected chi connectivity index (χ3v) is 2.69. The van der Waals surface area contributed by atoms with Gasteiger partial charge in [0.25, 0.3) is 0 Å². The van der Waals surface area contributed by atoms with E-state index in [9.17, 15) is 10.0 Å². The van der Waals surface area contributed by atoms with Crippen LogP contribution in [-0.4, -0.2) is 11.5 Å². The molecular formula is C12H11ClNO2+. The third-order valence-electron chi connectivity index (χ3n) is 2.45. The topological polar surface area (TPSA) is 41.2 Å². The van der Waals surface area contributed by atoms with Crippen LogP contribution in [0.25, 0.3) is 10.8 Å². The number of aromatic nitrogens is 1. The maximum Gasteiger partial charge on any atom is 0.230 e. The van der Waals surface area contributed by atoms with Crippen LogP contribution < -0.4 is 4.73 Å². The lowest BCUT2D eigenvalue weighted by atomic mass is 10.0. The van der Waals surface area contributed by atoms with Crippen LogP contribution in [0, 0.1) is 0 Å². The average Bonchev–Trinajstić information content (AvgIpc) is 2.25. The van der Waals surface area contributed by atoms with Gasteiger partial charge in [-0.05, 0) is 23.9 Å². The lowest BCUT2D eigenvalue weighted by molar-refractivity contribution is -0.904. The van der Waals surface area contributed by atoms with Crippen molar-refractivity contribution in [1.29, 1.82) is 0 Å². The lowest BCUT2D eigenvalue weighted by Gasteiger charge is -2.02. The van der Waals surface area contributed by atoms with Gasteiger partial charge in [-0.3, -0.25) is 5.21 Å². The Bertz CT molecular complexity index is 535.